The molecule has 0 saturated heterocycles. The first-order chi connectivity index (χ1) is 14.0. The Morgan fingerprint density at radius 3 is 2.41 bits per heavy atom. The zero-order valence-electron chi connectivity index (χ0n) is 16.2. The summed E-state index contributed by atoms with van der Waals surface area (Å²) in [6, 6.07) is 17.8. The number of ether oxygens (including phenoxy) is 1. The summed E-state index contributed by atoms with van der Waals surface area (Å²) in [6.07, 6.45) is 1.14. The number of ketones is 1. The second-order valence-electron chi connectivity index (χ2n) is 7.51. The Balaban J connectivity index is 1.80. The molecule has 0 aromatic heterocycles. The quantitative estimate of drug-likeness (QED) is 0.678. The first-order valence-corrected chi connectivity index (χ1v) is 10.4. The van der Waals surface area contributed by atoms with E-state index in [1.54, 1.807) is 0 Å². The Bertz CT molecular complexity index is 995. The maximum atomic E-state index is 13.3. The number of halogens is 1. The first kappa shape index (κ1) is 19.6. The third-order valence-electron chi connectivity index (χ3n) is 5.79. The maximum Gasteiger partial charge on any atom is 0.315 e. The van der Waals surface area contributed by atoms with Crippen LogP contribution in [0.2, 0.25) is 0 Å². The Morgan fingerprint density at radius 1 is 1.07 bits per heavy atom. The van der Waals surface area contributed by atoms with Gasteiger partial charge in [0.25, 0.3) is 0 Å². The Labute approximate surface area is 178 Å². The molecular formula is C24H22BrNO3. The number of carbonyl (C=O) groups is 2. The lowest BCUT2D eigenvalue weighted by Gasteiger charge is -2.40. The fourth-order valence-electron chi connectivity index (χ4n) is 4.44. The number of allylic oxidation sites excluding steroid dienone is 2. The minimum Gasteiger partial charge on any atom is -0.468 e. The topological polar surface area (TPSA) is 55.4 Å². The predicted molar refractivity (Wildman–Crippen MR) is 115 cm³/mol. The molecule has 1 aliphatic heterocycles. The van der Waals surface area contributed by atoms with Crippen LogP contribution in [0.4, 0.5) is 0 Å². The Morgan fingerprint density at radius 2 is 1.76 bits per heavy atom. The fourth-order valence-corrected chi connectivity index (χ4v) is 4.71. The smallest absolute Gasteiger partial charge is 0.315 e. The predicted octanol–water partition coefficient (Wildman–Crippen LogP) is 4.84. The van der Waals surface area contributed by atoms with Crippen molar-refractivity contribution in [1.29, 1.82) is 0 Å². The van der Waals surface area contributed by atoms with Crippen LogP contribution in [-0.2, 0) is 14.3 Å². The van der Waals surface area contributed by atoms with Crippen molar-refractivity contribution in [2.45, 2.75) is 24.7 Å². The van der Waals surface area contributed by atoms with E-state index < -0.39 is 11.8 Å². The summed E-state index contributed by atoms with van der Waals surface area (Å²) in [6.45, 7) is 4.11. The van der Waals surface area contributed by atoms with E-state index in [0.29, 0.717) is 24.1 Å². The van der Waals surface area contributed by atoms with Crippen LogP contribution in [0.15, 0.2) is 82.6 Å². The number of hydrogen-bond donors (Lipinski definition) is 1. The molecule has 5 heteroatoms. The number of Topliss-reactive ketones (excluding diaryl/α,β-unsaturated/α-hetero) is 1. The van der Waals surface area contributed by atoms with Gasteiger partial charge in [-0.15, -0.1) is 0 Å². The molecule has 0 radical (unpaired) electrons. The zero-order chi connectivity index (χ0) is 20.5. The number of benzene rings is 2. The third kappa shape index (κ3) is 3.67. The summed E-state index contributed by atoms with van der Waals surface area (Å²) >= 11 is 3.45. The molecule has 148 valence electrons. The van der Waals surface area contributed by atoms with Crippen molar-refractivity contribution >= 4 is 27.7 Å². The number of hydrogen-bond acceptors (Lipinski definition) is 4. The van der Waals surface area contributed by atoms with Gasteiger partial charge in [-0.25, -0.2) is 0 Å². The maximum absolute atomic E-state index is 13.3. The van der Waals surface area contributed by atoms with Crippen LogP contribution in [0, 0.1) is 5.92 Å². The number of nitrogens with one attached hydrogen (secondary N) is 1. The molecule has 0 bridgehead atoms. The van der Waals surface area contributed by atoms with E-state index in [1.807, 2.05) is 42.5 Å². The Kier molecular flexibility index (Phi) is 5.41. The normalized spacial score (nSPS) is 24.0. The molecule has 3 unspecified atom stereocenters. The molecule has 29 heavy (non-hydrogen) atoms. The van der Waals surface area contributed by atoms with Crippen LogP contribution in [0.3, 0.4) is 0 Å². The molecule has 0 fully saturated rings. The highest BCUT2D eigenvalue weighted by atomic mass is 79.9. The monoisotopic (exact) mass is 451 g/mol. The van der Waals surface area contributed by atoms with E-state index in [4.69, 9.17) is 4.74 Å². The van der Waals surface area contributed by atoms with Gasteiger partial charge in [-0.3, -0.25) is 9.59 Å². The molecule has 0 spiro atoms. The van der Waals surface area contributed by atoms with Gasteiger partial charge >= 0.3 is 5.97 Å². The second kappa shape index (κ2) is 7.99. The van der Waals surface area contributed by atoms with Crippen LogP contribution < -0.4 is 5.32 Å². The molecule has 4 rings (SSSR count). The third-order valence-corrected chi connectivity index (χ3v) is 6.32. The van der Waals surface area contributed by atoms with E-state index in [2.05, 4.69) is 40.0 Å². The molecular weight excluding hydrogens is 430 g/mol. The van der Waals surface area contributed by atoms with Crippen molar-refractivity contribution in [2.24, 2.45) is 5.92 Å². The summed E-state index contributed by atoms with van der Waals surface area (Å²) in [5, 5.41) is 3.28. The van der Waals surface area contributed by atoms with Crippen molar-refractivity contribution in [3.8, 4) is 0 Å². The van der Waals surface area contributed by atoms with Crippen molar-refractivity contribution < 1.29 is 14.3 Å². The number of methoxy groups -OCH3 is 1. The number of rotatable bonds is 3. The van der Waals surface area contributed by atoms with Gasteiger partial charge in [0.2, 0.25) is 0 Å². The molecule has 1 N–H and O–H groups in total. The molecule has 2 aromatic rings. The lowest BCUT2D eigenvalue weighted by molar-refractivity contribution is -0.144. The van der Waals surface area contributed by atoms with Gasteiger partial charge in [0.05, 0.1) is 7.11 Å². The standard InChI is InChI=1S/C24H22BrNO3/c1-14-21(24(28)29-2)22(16-8-10-18(25)11-9-16)23-19(26-14)12-17(13-20(23)27)15-6-4-3-5-7-15/h3-11,17,21-22,26H,1,12-13H2,2H3. The van der Waals surface area contributed by atoms with Crippen LogP contribution >= 0.6 is 15.9 Å². The van der Waals surface area contributed by atoms with Crippen molar-refractivity contribution in [3.63, 3.8) is 0 Å². The van der Waals surface area contributed by atoms with E-state index in [1.165, 1.54) is 7.11 Å². The molecule has 0 saturated carbocycles. The van der Waals surface area contributed by atoms with E-state index in [-0.39, 0.29) is 17.7 Å². The van der Waals surface area contributed by atoms with E-state index in [0.717, 1.165) is 21.3 Å². The summed E-state index contributed by atoms with van der Waals surface area (Å²) in [4.78, 5) is 26.0. The van der Waals surface area contributed by atoms with Crippen molar-refractivity contribution in [3.05, 3.63) is 93.7 Å². The highest BCUT2D eigenvalue weighted by Gasteiger charge is 2.45. The fraction of sp³-hybridized carbons (Fsp3) is 0.250. The summed E-state index contributed by atoms with van der Waals surface area (Å²) in [5.41, 5.74) is 4.18. The van der Waals surface area contributed by atoms with E-state index in [9.17, 15) is 9.59 Å². The molecule has 0 amide bonds. The van der Waals surface area contributed by atoms with Gasteiger partial charge in [-0.05, 0) is 35.6 Å². The number of esters is 1. The zero-order valence-corrected chi connectivity index (χ0v) is 17.7. The van der Waals surface area contributed by atoms with Gasteiger partial charge in [0.1, 0.15) is 5.92 Å². The average Bonchev–Trinajstić information content (AvgIpc) is 2.73. The van der Waals surface area contributed by atoms with Crippen molar-refractivity contribution in [2.75, 3.05) is 7.11 Å². The average molecular weight is 452 g/mol. The lowest BCUT2D eigenvalue weighted by Crippen LogP contribution is -2.42. The summed E-state index contributed by atoms with van der Waals surface area (Å²) in [7, 11) is 1.37. The largest absolute Gasteiger partial charge is 0.468 e. The minimum absolute atomic E-state index is 0.0712. The summed E-state index contributed by atoms with van der Waals surface area (Å²) in [5.74, 6) is -1.24. The highest BCUT2D eigenvalue weighted by Crippen LogP contribution is 2.47. The number of carbonyl (C=O) groups excluding carboxylic acids is 2. The second-order valence-corrected chi connectivity index (χ2v) is 8.43. The van der Waals surface area contributed by atoms with Crippen LogP contribution in [0.25, 0.3) is 0 Å². The molecule has 4 nitrogen and oxygen atoms in total. The van der Waals surface area contributed by atoms with Gasteiger partial charge in [-0.2, -0.15) is 0 Å². The SMILES string of the molecule is C=C1NC2=C(C(=O)CC(c3ccccc3)C2)C(c2ccc(Br)cc2)C1C(=O)OC. The van der Waals surface area contributed by atoms with Gasteiger partial charge in [0, 0.05) is 33.8 Å². The molecule has 3 atom stereocenters. The molecule has 2 aliphatic rings. The van der Waals surface area contributed by atoms with Crippen LogP contribution in [0.1, 0.15) is 35.8 Å². The highest BCUT2D eigenvalue weighted by molar-refractivity contribution is 9.10. The van der Waals surface area contributed by atoms with Gasteiger partial charge in [0.15, 0.2) is 5.78 Å². The van der Waals surface area contributed by atoms with Gasteiger partial charge < -0.3 is 10.1 Å². The Hall–Kier alpha value is -2.66. The van der Waals surface area contributed by atoms with Gasteiger partial charge in [-0.1, -0.05) is 65.0 Å². The molecule has 1 aliphatic carbocycles. The minimum atomic E-state index is -0.642. The molecule has 2 aromatic carbocycles. The lowest BCUT2D eigenvalue weighted by atomic mass is 9.69. The van der Waals surface area contributed by atoms with Crippen molar-refractivity contribution in [1.82, 2.24) is 5.32 Å². The molecule has 1 heterocycles. The summed E-state index contributed by atoms with van der Waals surface area (Å²) < 4.78 is 6.00. The van der Waals surface area contributed by atoms with Crippen LogP contribution in [0.5, 0.6) is 0 Å². The van der Waals surface area contributed by atoms with Crippen LogP contribution in [-0.4, -0.2) is 18.9 Å². The first-order valence-electron chi connectivity index (χ1n) is 9.60. The van der Waals surface area contributed by atoms with E-state index >= 15 is 0 Å².